The lowest BCUT2D eigenvalue weighted by molar-refractivity contribution is -0.117. The number of thioether (sulfide) groups is 1. The van der Waals surface area contributed by atoms with Crippen LogP contribution in [0.1, 0.15) is 39.4 Å². The minimum absolute atomic E-state index is 0.0644. The molecule has 22 heavy (non-hydrogen) atoms. The molecule has 0 fully saturated rings. The Balaban J connectivity index is 2.07. The Kier molecular flexibility index (Phi) is 5.60. The standard InChI is InChI=1S/C16H22N4OS/c1-5-20(13-9-7-6-8-10-13)15(21)12(4)22-16-17-14(11(2)3)18-19-16/h6-12H,5H2,1-4H3,(H,17,18,19)/t12-/m0/s1. The predicted molar refractivity (Wildman–Crippen MR) is 90.3 cm³/mol. The summed E-state index contributed by atoms with van der Waals surface area (Å²) in [6, 6.07) is 9.71. The van der Waals surface area contributed by atoms with Crippen molar-refractivity contribution in [2.75, 3.05) is 11.4 Å². The molecule has 0 saturated carbocycles. The molecule has 1 aromatic carbocycles. The Morgan fingerprint density at radius 3 is 2.50 bits per heavy atom. The monoisotopic (exact) mass is 318 g/mol. The highest BCUT2D eigenvalue weighted by molar-refractivity contribution is 8.00. The number of carbonyl (C=O) groups excluding carboxylic acids is 1. The van der Waals surface area contributed by atoms with E-state index in [0.717, 1.165) is 11.5 Å². The van der Waals surface area contributed by atoms with Gasteiger partial charge >= 0.3 is 0 Å². The van der Waals surface area contributed by atoms with Crippen LogP contribution in [0.15, 0.2) is 35.5 Å². The number of aromatic amines is 1. The van der Waals surface area contributed by atoms with Crippen molar-refractivity contribution < 1.29 is 4.79 Å². The number of aromatic nitrogens is 3. The fraction of sp³-hybridized carbons (Fsp3) is 0.438. The highest BCUT2D eigenvalue weighted by Gasteiger charge is 2.23. The van der Waals surface area contributed by atoms with Crippen LogP contribution in [0.4, 0.5) is 5.69 Å². The van der Waals surface area contributed by atoms with E-state index in [0.29, 0.717) is 17.6 Å². The van der Waals surface area contributed by atoms with Crippen molar-refractivity contribution in [2.45, 2.75) is 44.0 Å². The molecule has 0 aliphatic rings. The minimum atomic E-state index is -0.240. The summed E-state index contributed by atoms with van der Waals surface area (Å²) in [5.74, 6) is 1.21. The average molecular weight is 318 g/mol. The van der Waals surface area contributed by atoms with Crippen molar-refractivity contribution in [1.29, 1.82) is 0 Å². The highest BCUT2D eigenvalue weighted by atomic mass is 32.2. The average Bonchev–Trinajstić information content (AvgIpc) is 2.97. The predicted octanol–water partition coefficient (Wildman–Crippen LogP) is 3.46. The van der Waals surface area contributed by atoms with Crippen LogP contribution in [0, 0.1) is 0 Å². The molecule has 118 valence electrons. The number of para-hydroxylation sites is 1. The van der Waals surface area contributed by atoms with Crippen molar-refractivity contribution in [3.05, 3.63) is 36.2 Å². The van der Waals surface area contributed by atoms with E-state index in [2.05, 4.69) is 29.0 Å². The molecule has 6 heteroatoms. The number of benzene rings is 1. The van der Waals surface area contributed by atoms with Crippen LogP contribution in [0.2, 0.25) is 0 Å². The zero-order chi connectivity index (χ0) is 16.1. The highest BCUT2D eigenvalue weighted by Crippen LogP contribution is 2.24. The lowest BCUT2D eigenvalue weighted by Gasteiger charge is -2.23. The molecule has 0 aliphatic heterocycles. The molecule has 1 heterocycles. The SMILES string of the molecule is CCN(C(=O)[C@H](C)Sc1n[nH]c(C(C)C)n1)c1ccccc1. The van der Waals surface area contributed by atoms with Gasteiger partial charge < -0.3 is 4.90 Å². The number of carbonyl (C=O) groups is 1. The van der Waals surface area contributed by atoms with Crippen molar-refractivity contribution in [3.63, 3.8) is 0 Å². The molecule has 0 spiro atoms. The number of H-pyrrole nitrogens is 1. The van der Waals surface area contributed by atoms with Crippen LogP contribution in [0.3, 0.4) is 0 Å². The van der Waals surface area contributed by atoms with E-state index in [4.69, 9.17) is 0 Å². The Morgan fingerprint density at radius 2 is 1.95 bits per heavy atom. The number of nitrogens with zero attached hydrogens (tertiary/aromatic N) is 3. The second kappa shape index (κ2) is 7.45. The third-order valence-electron chi connectivity index (χ3n) is 3.31. The number of amides is 1. The normalized spacial score (nSPS) is 12.4. The largest absolute Gasteiger partial charge is 0.312 e. The number of rotatable bonds is 6. The molecule has 0 bridgehead atoms. The number of hydrogen-bond donors (Lipinski definition) is 1. The number of hydrogen-bond acceptors (Lipinski definition) is 4. The first kappa shape index (κ1) is 16.5. The first-order valence-electron chi connectivity index (χ1n) is 7.48. The maximum atomic E-state index is 12.7. The van der Waals surface area contributed by atoms with E-state index < -0.39 is 0 Å². The Hall–Kier alpha value is -1.82. The summed E-state index contributed by atoms with van der Waals surface area (Å²) in [6.45, 7) is 8.62. The zero-order valence-electron chi connectivity index (χ0n) is 13.4. The lowest BCUT2D eigenvalue weighted by atomic mass is 10.2. The molecule has 1 amide bonds. The summed E-state index contributed by atoms with van der Waals surface area (Å²) >= 11 is 1.38. The van der Waals surface area contributed by atoms with Gasteiger partial charge in [0, 0.05) is 18.2 Å². The van der Waals surface area contributed by atoms with Gasteiger partial charge in [0.1, 0.15) is 5.82 Å². The molecule has 0 saturated heterocycles. The minimum Gasteiger partial charge on any atom is -0.312 e. The molecule has 1 N–H and O–H groups in total. The molecule has 1 atom stereocenters. The molecule has 0 unspecified atom stereocenters. The molecular weight excluding hydrogens is 296 g/mol. The van der Waals surface area contributed by atoms with Crippen LogP contribution in [-0.2, 0) is 4.79 Å². The van der Waals surface area contributed by atoms with Gasteiger partial charge in [-0.15, -0.1) is 5.10 Å². The summed E-state index contributed by atoms with van der Waals surface area (Å²) in [6.07, 6.45) is 0. The molecule has 1 aromatic heterocycles. The van der Waals surface area contributed by atoms with Gasteiger partial charge in [-0.3, -0.25) is 9.89 Å². The van der Waals surface area contributed by atoms with Crippen molar-refractivity contribution in [1.82, 2.24) is 15.2 Å². The smallest absolute Gasteiger partial charge is 0.240 e. The maximum Gasteiger partial charge on any atom is 0.240 e. The first-order chi connectivity index (χ1) is 10.5. The van der Waals surface area contributed by atoms with Gasteiger partial charge in [-0.25, -0.2) is 4.98 Å². The van der Waals surface area contributed by atoms with Gasteiger partial charge in [-0.2, -0.15) is 0 Å². The van der Waals surface area contributed by atoms with Crippen molar-refractivity contribution in [2.24, 2.45) is 0 Å². The summed E-state index contributed by atoms with van der Waals surface area (Å²) in [7, 11) is 0. The summed E-state index contributed by atoms with van der Waals surface area (Å²) in [5.41, 5.74) is 0.917. The number of anilines is 1. The van der Waals surface area contributed by atoms with E-state index >= 15 is 0 Å². The topological polar surface area (TPSA) is 61.9 Å². The van der Waals surface area contributed by atoms with Gasteiger partial charge in [-0.1, -0.05) is 43.8 Å². The summed E-state index contributed by atoms with van der Waals surface area (Å²) < 4.78 is 0. The second-order valence-corrected chi connectivity index (χ2v) is 6.64. The van der Waals surface area contributed by atoms with E-state index in [1.54, 1.807) is 4.90 Å². The zero-order valence-corrected chi connectivity index (χ0v) is 14.2. The van der Waals surface area contributed by atoms with Crippen LogP contribution in [-0.4, -0.2) is 32.9 Å². The van der Waals surface area contributed by atoms with E-state index in [1.807, 2.05) is 44.2 Å². The summed E-state index contributed by atoms with van der Waals surface area (Å²) in [4.78, 5) is 18.9. The molecule has 2 aromatic rings. The number of nitrogens with one attached hydrogen (secondary N) is 1. The second-order valence-electron chi connectivity index (χ2n) is 5.34. The van der Waals surface area contributed by atoms with E-state index in [-0.39, 0.29) is 11.2 Å². The molecule has 0 radical (unpaired) electrons. The Morgan fingerprint density at radius 1 is 1.27 bits per heavy atom. The van der Waals surface area contributed by atoms with Crippen LogP contribution < -0.4 is 4.90 Å². The van der Waals surface area contributed by atoms with Gasteiger partial charge in [0.25, 0.3) is 0 Å². The van der Waals surface area contributed by atoms with Crippen LogP contribution >= 0.6 is 11.8 Å². The third kappa shape index (κ3) is 3.88. The van der Waals surface area contributed by atoms with Crippen LogP contribution in [0.25, 0.3) is 0 Å². The van der Waals surface area contributed by atoms with Crippen molar-refractivity contribution in [3.8, 4) is 0 Å². The third-order valence-corrected chi connectivity index (χ3v) is 4.26. The molecule has 0 aliphatic carbocycles. The van der Waals surface area contributed by atoms with Crippen LogP contribution in [0.5, 0.6) is 0 Å². The maximum absolute atomic E-state index is 12.7. The van der Waals surface area contributed by atoms with Gasteiger partial charge in [-0.05, 0) is 26.0 Å². The summed E-state index contributed by atoms with van der Waals surface area (Å²) in [5, 5.41) is 7.47. The van der Waals surface area contributed by atoms with E-state index in [1.165, 1.54) is 11.8 Å². The molecule has 2 rings (SSSR count). The lowest BCUT2D eigenvalue weighted by Crippen LogP contribution is -2.36. The fourth-order valence-electron chi connectivity index (χ4n) is 2.07. The molecule has 5 nitrogen and oxygen atoms in total. The fourth-order valence-corrected chi connectivity index (χ4v) is 2.86. The quantitative estimate of drug-likeness (QED) is 0.829. The molecular formula is C16H22N4OS. The Labute approximate surface area is 135 Å². The van der Waals surface area contributed by atoms with Gasteiger partial charge in [0.2, 0.25) is 11.1 Å². The van der Waals surface area contributed by atoms with Crippen molar-refractivity contribution >= 4 is 23.4 Å². The van der Waals surface area contributed by atoms with Gasteiger partial charge in [0.05, 0.1) is 5.25 Å². The van der Waals surface area contributed by atoms with Gasteiger partial charge in [0.15, 0.2) is 0 Å². The van der Waals surface area contributed by atoms with E-state index in [9.17, 15) is 4.79 Å². The Bertz CT molecular complexity index is 612. The first-order valence-corrected chi connectivity index (χ1v) is 8.36.